The summed E-state index contributed by atoms with van der Waals surface area (Å²) >= 11 is 0. The maximum atomic E-state index is 11.2. The minimum absolute atomic E-state index is 0.469. The Labute approximate surface area is 190 Å². The van der Waals surface area contributed by atoms with E-state index in [9.17, 15) is 4.79 Å². The predicted octanol–water partition coefficient (Wildman–Crippen LogP) is 0.954. The molecule has 0 radical (unpaired) electrons. The molecule has 0 unspecified atom stereocenters. The second-order valence-electron chi connectivity index (χ2n) is 7.65. The molecule has 1 fully saturated rings. The summed E-state index contributed by atoms with van der Waals surface area (Å²) in [6.07, 6.45) is 0.816. The highest BCUT2D eigenvalue weighted by Crippen LogP contribution is 2.28. The molecular weight excluding hydrogens is 416 g/mol. The Hall–Kier alpha value is -1.75. The maximum Gasteiger partial charge on any atom is 0.161 e. The first-order chi connectivity index (χ1) is 15.8. The van der Waals surface area contributed by atoms with Crippen molar-refractivity contribution >= 4 is 6.29 Å². The van der Waals surface area contributed by atoms with E-state index in [1.807, 2.05) is 0 Å². The molecule has 180 valence electrons. The lowest BCUT2D eigenvalue weighted by atomic mass is 10.2. The fourth-order valence-electron chi connectivity index (χ4n) is 3.49. The zero-order chi connectivity index (χ0) is 22.3. The summed E-state index contributed by atoms with van der Waals surface area (Å²) in [5, 5.41) is 0. The van der Waals surface area contributed by atoms with Crippen LogP contribution >= 0.6 is 0 Å². The van der Waals surface area contributed by atoms with Crippen molar-refractivity contribution in [2.24, 2.45) is 0 Å². The van der Waals surface area contributed by atoms with Gasteiger partial charge in [0.2, 0.25) is 0 Å². The smallest absolute Gasteiger partial charge is 0.161 e. The van der Waals surface area contributed by atoms with Crippen molar-refractivity contribution in [3.63, 3.8) is 0 Å². The van der Waals surface area contributed by atoms with E-state index in [4.69, 9.17) is 28.4 Å². The van der Waals surface area contributed by atoms with Gasteiger partial charge in [0.25, 0.3) is 0 Å². The number of nitrogens with zero attached hydrogens (tertiary/aromatic N) is 2. The molecular formula is C23H36N2O7. The lowest BCUT2D eigenvalue weighted by molar-refractivity contribution is 0.00506. The van der Waals surface area contributed by atoms with Gasteiger partial charge in [-0.3, -0.25) is 14.6 Å². The Balaban J connectivity index is 1.73. The van der Waals surface area contributed by atoms with Crippen LogP contribution in [0.25, 0.3) is 0 Å². The van der Waals surface area contributed by atoms with Gasteiger partial charge in [0.05, 0.1) is 52.9 Å². The number of aldehydes is 1. The van der Waals surface area contributed by atoms with Crippen molar-refractivity contribution in [1.82, 2.24) is 9.80 Å². The van der Waals surface area contributed by atoms with E-state index in [0.29, 0.717) is 89.7 Å². The summed E-state index contributed by atoms with van der Waals surface area (Å²) in [6.45, 7) is 10.3. The highest BCUT2D eigenvalue weighted by molar-refractivity contribution is 5.76. The molecule has 1 aromatic rings. The van der Waals surface area contributed by atoms with Gasteiger partial charge in [-0.2, -0.15) is 0 Å². The number of hydrogen-bond acceptors (Lipinski definition) is 9. The zero-order valence-corrected chi connectivity index (χ0v) is 18.9. The first-order valence-electron chi connectivity index (χ1n) is 11.5. The van der Waals surface area contributed by atoms with E-state index < -0.39 is 0 Å². The highest BCUT2D eigenvalue weighted by Gasteiger charge is 2.12. The summed E-state index contributed by atoms with van der Waals surface area (Å²) in [5.41, 5.74) is 0.561. The lowest BCUT2D eigenvalue weighted by Crippen LogP contribution is -2.36. The van der Waals surface area contributed by atoms with Crippen LogP contribution in [-0.2, 0) is 18.9 Å². The van der Waals surface area contributed by atoms with Gasteiger partial charge in [0.1, 0.15) is 19.5 Å². The molecule has 1 saturated heterocycles. The third-order valence-electron chi connectivity index (χ3n) is 5.39. The second-order valence-corrected chi connectivity index (χ2v) is 7.65. The third-order valence-corrected chi connectivity index (χ3v) is 5.39. The van der Waals surface area contributed by atoms with E-state index in [0.717, 1.165) is 39.0 Å². The summed E-state index contributed by atoms with van der Waals surface area (Å²) in [7, 11) is 0. The fraction of sp³-hybridized carbons (Fsp3) is 0.696. The minimum Gasteiger partial charge on any atom is -0.488 e. The molecule has 0 N–H and O–H groups in total. The van der Waals surface area contributed by atoms with Crippen molar-refractivity contribution in [3.8, 4) is 11.5 Å². The molecule has 3 aliphatic rings. The number of carbonyl (C=O) groups excluding carboxylic acids is 1. The number of fused-ring (bicyclic) bond motifs is 18. The van der Waals surface area contributed by atoms with E-state index >= 15 is 0 Å². The van der Waals surface area contributed by atoms with Crippen molar-refractivity contribution in [2.75, 3.05) is 105 Å². The van der Waals surface area contributed by atoms with Crippen LogP contribution in [0.2, 0.25) is 0 Å². The van der Waals surface area contributed by atoms with Crippen LogP contribution in [0.4, 0.5) is 0 Å². The summed E-state index contributed by atoms with van der Waals surface area (Å²) in [5.74, 6) is 1.23. The third kappa shape index (κ3) is 9.40. The van der Waals surface area contributed by atoms with Gasteiger partial charge in [-0.15, -0.1) is 0 Å². The van der Waals surface area contributed by atoms with Gasteiger partial charge in [0.15, 0.2) is 11.5 Å². The minimum atomic E-state index is 0.469. The molecule has 3 aliphatic heterocycles. The van der Waals surface area contributed by atoms with Crippen LogP contribution in [0.3, 0.4) is 0 Å². The van der Waals surface area contributed by atoms with Crippen LogP contribution in [0.5, 0.6) is 11.5 Å². The SMILES string of the molecule is O=Cc1ccc2c(c1)OCCN1CCOCCOCCN(CCOCCOCC1)CCO2. The number of rotatable bonds is 1. The van der Waals surface area contributed by atoms with Crippen LogP contribution in [0.1, 0.15) is 10.4 Å². The van der Waals surface area contributed by atoms with Crippen LogP contribution in [-0.4, -0.2) is 121 Å². The van der Waals surface area contributed by atoms with E-state index in [1.54, 1.807) is 18.2 Å². The molecule has 0 amide bonds. The van der Waals surface area contributed by atoms with Crippen LogP contribution in [0, 0.1) is 0 Å². The van der Waals surface area contributed by atoms with Crippen molar-refractivity contribution in [1.29, 1.82) is 0 Å². The Bertz CT molecular complexity index is 641. The highest BCUT2D eigenvalue weighted by atomic mass is 16.5. The summed E-state index contributed by atoms with van der Waals surface area (Å²) in [4.78, 5) is 15.7. The molecule has 1 aromatic carbocycles. The maximum absolute atomic E-state index is 11.2. The first kappa shape index (κ1) is 24.9. The molecule has 9 heteroatoms. The predicted molar refractivity (Wildman–Crippen MR) is 119 cm³/mol. The molecule has 3 heterocycles. The van der Waals surface area contributed by atoms with Gasteiger partial charge in [-0.25, -0.2) is 0 Å². The van der Waals surface area contributed by atoms with E-state index in [2.05, 4.69) is 9.80 Å². The first-order valence-corrected chi connectivity index (χ1v) is 11.5. The Morgan fingerprint density at radius 3 is 1.47 bits per heavy atom. The monoisotopic (exact) mass is 452 g/mol. The lowest BCUT2D eigenvalue weighted by Gasteiger charge is -2.25. The van der Waals surface area contributed by atoms with Crippen molar-refractivity contribution in [3.05, 3.63) is 23.8 Å². The topological polar surface area (TPSA) is 78.9 Å². The Kier molecular flexibility index (Phi) is 11.8. The molecule has 0 atom stereocenters. The number of ether oxygens (including phenoxy) is 6. The quantitative estimate of drug-likeness (QED) is 0.579. The average Bonchev–Trinajstić information content (AvgIpc) is 2.81. The fourth-order valence-corrected chi connectivity index (χ4v) is 3.49. The van der Waals surface area contributed by atoms with Gasteiger partial charge >= 0.3 is 0 Å². The van der Waals surface area contributed by atoms with Crippen molar-refractivity contribution in [2.45, 2.75) is 0 Å². The Morgan fingerprint density at radius 1 is 0.562 bits per heavy atom. The molecule has 32 heavy (non-hydrogen) atoms. The Morgan fingerprint density at radius 2 is 1.00 bits per heavy atom. The van der Waals surface area contributed by atoms with Crippen LogP contribution in [0.15, 0.2) is 18.2 Å². The van der Waals surface area contributed by atoms with E-state index in [-0.39, 0.29) is 0 Å². The number of carbonyl (C=O) groups is 1. The number of benzene rings is 1. The van der Waals surface area contributed by atoms with E-state index in [1.165, 1.54) is 0 Å². The largest absolute Gasteiger partial charge is 0.488 e. The van der Waals surface area contributed by atoms with Gasteiger partial charge in [-0.05, 0) is 18.2 Å². The molecule has 0 aromatic heterocycles. The van der Waals surface area contributed by atoms with Gasteiger partial charge in [-0.1, -0.05) is 0 Å². The summed E-state index contributed by atoms with van der Waals surface area (Å²) in [6, 6.07) is 5.27. The second kappa shape index (κ2) is 15.2. The molecule has 0 saturated carbocycles. The van der Waals surface area contributed by atoms with Crippen LogP contribution < -0.4 is 9.47 Å². The summed E-state index contributed by atoms with van der Waals surface area (Å²) < 4.78 is 35.1. The zero-order valence-electron chi connectivity index (χ0n) is 18.9. The van der Waals surface area contributed by atoms with Gasteiger partial charge < -0.3 is 28.4 Å². The average molecular weight is 453 g/mol. The molecule has 4 rings (SSSR count). The molecule has 2 bridgehead atoms. The standard InChI is InChI=1S/C23H36N2O7/c26-20-21-1-2-22-23(19-21)32-14-8-25-5-11-29-17-15-27-9-3-24(7-13-31-22)4-10-28-16-18-30-12-6-25/h1-2,19-20H,3-18H2. The molecule has 9 nitrogen and oxygen atoms in total. The number of hydrogen-bond donors (Lipinski definition) is 0. The van der Waals surface area contributed by atoms with Crippen molar-refractivity contribution < 1.29 is 33.2 Å². The van der Waals surface area contributed by atoms with Gasteiger partial charge in [0, 0.05) is 44.8 Å². The molecule has 0 spiro atoms. The normalized spacial score (nSPS) is 25.5. The molecule has 0 aliphatic carbocycles.